The molecule has 23 heavy (non-hydrogen) atoms. The zero-order chi connectivity index (χ0) is 15.9. The molecule has 4 aliphatic carbocycles. The fraction of sp³-hybridized carbons (Fsp3) is 0.700. The Labute approximate surface area is 139 Å². The predicted octanol–water partition coefficient (Wildman–Crippen LogP) is 2.48. The van der Waals surface area contributed by atoms with E-state index in [9.17, 15) is 5.11 Å². The van der Waals surface area contributed by atoms with Crippen molar-refractivity contribution in [2.75, 3.05) is 6.54 Å². The van der Waals surface area contributed by atoms with E-state index in [1.165, 1.54) is 44.1 Å². The van der Waals surface area contributed by atoms with Crippen LogP contribution in [0.3, 0.4) is 0 Å². The third kappa shape index (κ3) is 3.33. The molecule has 0 saturated heterocycles. The maximum atomic E-state index is 10.5. The van der Waals surface area contributed by atoms with Gasteiger partial charge < -0.3 is 16.2 Å². The number of nitrogens with two attached hydrogens (primary N) is 1. The van der Waals surface area contributed by atoms with Crippen molar-refractivity contribution < 1.29 is 5.11 Å². The van der Waals surface area contributed by atoms with E-state index in [1.807, 2.05) is 18.2 Å². The van der Waals surface area contributed by atoms with Crippen LogP contribution in [0.1, 0.15) is 44.1 Å². The van der Waals surface area contributed by atoms with Crippen LogP contribution in [-0.4, -0.2) is 29.3 Å². The molecule has 0 amide bonds. The van der Waals surface area contributed by atoms with Crippen LogP contribution in [0.4, 0.5) is 0 Å². The molecule has 4 bridgehead atoms. The van der Waals surface area contributed by atoms with Crippen LogP contribution in [0, 0.1) is 17.8 Å². The first-order valence-electron chi connectivity index (χ1n) is 9.34. The SMILES string of the molecule is N[C@@H](Cc1ccccc1)[C@H](O)CNC12CC3CC(CC(C3)C1)C2. The maximum Gasteiger partial charge on any atom is 0.0818 e. The minimum absolute atomic E-state index is 0.196. The van der Waals surface area contributed by atoms with Crippen LogP contribution in [0.25, 0.3) is 0 Å². The van der Waals surface area contributed by atoms with Crippen molar-refractivity contribution in [3.05, 3.63) is 35.9 Å². The Hall–Kier alpha value is -0.900. The van der Waals surface area contributed by atoms with Crippen LogP contribution in [0.5, 0.6) is 0 Å². The van der Waals surface area contributed by atoms with Gasteiger partial charge in [0.15, 0.2) is 0 Å². The highest BCUT2D eigenvalue weighted by Crippen LogP contribution is 2.55. The molecular weight excluding hydrogens is 284 g/mol. The normalized spacial score (nSPS) is 37.7. The molecule has 0 heterocycles. The molecule has 126 valence electrons. The summed E-state index contributed by atoms with van der Waals surface area (Å²) in [5.41, 5.74) is 7.75. The summed E-state index contributed by atoms with van der Waals surface area (Å²) in [5, 5.41) is 14.3. The monoisotopic (exact) mass is 314 g/mol. The standard InChI is InChI=1S/C20H30N2O/c21-18(9-14-4-2-1-3-5-14)19(23)13-22-20-10-15-6-16(11-20)8-17(7-15)12-20/h1-5,15-19,22-23H,6-13,21H2/t15?,16?,17?,18-,19+,20?/m0/s1. The zero-order valence-electron chi connectivity index (χ0n) is 14.0. The molecule has 0 spiro atoms. The van der Waals surface area contributed by atoms with Gasteiger partial charge in [-0.1, -0.05) is 30.3 Å². The second kappa shape index (κ2) is 6.19. The summed E-state index contributed by atoms with van der Waals surface area (Å²) in [5.74, 6) is 2.80. The highest BCUT2D eigenvalue weighted by molar-refractivity contribution is 5.16. The molecule has 4 aliphatic rings. The molecule has 4 saturated carbocycles. The van der Waals surface area contributed by atoms with Crippen LogP contribution >= 0.6 is 0 Å². The largest absolute Gasteiger partial charge is 0.390 e. The highest BCUT2D eigenvalue weighted by atomic mass is 16.3. The molecule has 0 unspecified atom stereocenters. The molecule has 4 N–H and O–H groups in total. The summed E-state index contributed by atoms with van der Waals surface area (Å²) < 4.78 is 0. The van der Waals surface area contributed by atoms with Crippen molar-refractivity contribution in [3.8, 4) is 0 Å². The number of benzene rings is 1. The van der Waals surface area contributed by atoms with E-state index in [0.717, 1.165) is 24.2 Å². The molecule has 1 aromatic rings. The van der Waals surface area contributed by atoms with Crippen molar-refractivity contribution in [1.29, 1.82) is 0 Å². The van der Waals surface area contributed by atoms with Gasteiger partial charge in [-0.15, -0.1) is 0 Å². The van der Waals surface area contributed by atoms with E-state index < -0.39 is 6.10 Å². The van der Waals surface area contributed by atoms with Gasteiger partial charge in [0.25, 0.3) is 0 Å². The quantitative estimate of drug-likeness (QED) is 0.756. The Kier molecular flexibility index (Phi) is 4.21. The van der Waals surface area contributed by atoms with Gasteiger partial charge >= 0.3 is 0 Å². The molecular formula is C20H30N2O. The minimum atomic E-state index is -0.469. The second-order valence-electron chi connectivity index (χ2n) is 8.50. The summed E-state index contributed by atoms with van der Waals surface area (Å²) in [4.78, 5) is 0. The number of aliphatic hydroxyl groups is 1. The Morgan fingerprint density at radius 2 is 1.61 bits per heavy atom. The van der Waals surface area contributed by atoms with E-state index in [0.29, 0.717) is 12.1 Å². The van der Waals surface area contributed by atoms with Crippen molar-refractivity contribution in [2.24, 2.45) is 23.5 Å². The van der Waals surface area contributed by atoms with E-state index in [1.54, 1.807) is 0 Å². The van der Waals surface area contributed by atoms with Crippen LogP contribution in [0.2, 0.25) is 0 Å². The fourth-order valence-electron chi connectivity index (χ4n) is 5.82. The van der Waals surface area contributed by atoms with Gasteiger partial charge in [0, 0.05) is 18.1 Å². The van der Waals surface area contributed by atoms with Crippen molar-refractivity contribution in [2.45, 2.75) is 62.6 Å². The minimum Gasteiger partial charge on any atom is -0.390 e. The van der Waals surface area contributed by atoms with E-state index >= 15 is 0 Å². The summed E-state index contributed by atoms with van der Waals surface area (Å²) >= 11 is 0. The average Bonchev–Trinajstić information content (AvgIpc) is 2.52. The number of β-amino-alcohol motifs (C(OH)–C–C–N with tert-alkyl or cyclic N) is 1. The molecule has 4 fully saturated rings. The van der Waals surface area contributed by atoms with Crippen molar-refractivity contribution in [3.63, 3.8) is 0 Å². The molecule has 5 rings (SSSR count). The van der Waals surface area contributed by atoms with E-state index in [-0.39, 0.29) is 6.04 Å². The maximum absolute atomic E-state index is 10.5. The lowest BCUT2D eigenvalue weighted by molar-refractivity contribution is -0.0257. The molecule has 1 aromatic carbocycles. The number of aliphatic hydroxyl groups excluding tert-OH is 1. The van der Waals surface area contributed by atoms with Gasteiger partial charge in [-0.05, 0) is 68.3 Å². The molecule has 2 atom stereocenters. The number of hydrogen-bond donors (Lipinski definition) is 3. The number of rotatable bonds is 6. The number of nitrogens with one attached hydrogen (secondary N) is 1. The highest BCUT2D eigenvalue weighted by Gasteiger charge is 2.50. The third-order valence-corrected chi connectivity index (χ3v) is 6.53. The number of hydrogen-bond acceptors (Lipinski definition) is 3. The second-order valence-corrected chi connectivity index (χ2v) is 8.50. The Bertz CT molecular complexity index is 494. The lowest BCUT2D eigenvalue weighted by Gasteiger charge is -2.57. The summed E-state index contributed by atoms with van der Waals surface area (Å²) in [7, 11) is 0. The molecule has 3 nitrogen and oxygen atoms in total. The first kappa shape index (κ1) is 15.6. The summed E-state index contributed by atoms with van der Waals surface area (Å²) in [6, 6.07) is 10.0. The van der Waals surface area contributed by atoms with Gasteiger partial charge in [-0.25, -0.2) is 0 Å². The van der Waals surface area contributed by atoms with Gasteiger partial charge in [-0.3, -0.25) is 0 Å². The lowest BCUT2D eigenvalue weighted by Crippen LogP contribution is -2.60. The first-order chi connectivity index (χ1) is 11.1. The first-order valence-corrected chi connectivity index (χ1v) is 9.34. The topological polar surface area (TPSA) is 58.3 Å². The average molecular weight is 314 g/mol. The molecule has 3 heteroatoms. The van der Waals surface area contributed by atoms with Gasteiger partial charge in [0.1, 0.15) is 0 Å². The van der Waals surface area contributed by atoms with E-state index in [2.05, 4.69) is 17.4 Å². The van der Waals surface area contributed by atoms with Gasteiger partial charge in [0.05, 0.1) is 6.10 Å². The Morgan fingerprint density at radius 3 is 2.17 bits per heavy atom. The van der Waals surface area contributed by atoms with Gasteiger partial charge in [-0.2, -0.15) is 0 Å². The lowest BCUT2D eigenvalue weighted by atomic mass is 9.53. The van der Waals surface area contributed by atoms with Gasteiger partial charge in [0.2, 0.25) is 0 Å². The Morgan fingerprint density at radius 1 is 1.04 bits per heavy atom. The van der Waals surface area contributed by atoms with Crippen molar-refractivity contribution >= 4 is 0 Å². The Balaban J connectivity index is 1.32. The summed E-state index contributed by atoms with van der Waals surface area (Å²) in [6.45, 7) is 0.639. The fourth-order valence-corrected chi connectivity index (χ4v) is 5.82. The molecule has 0 aromatic heterocycles. The molecule has 0 aliphatic heterocycles. The predicted molar refractivity (Wildman–Crippen MR) is 93.0 cm³/mol. The molecule has 0 radical (unpaired) electrons. The third-order valence-electron chi connectivity index (χ3n) is 6.53. The van der Waals surface area contributed by atoms with Crippen LogP contribution in [-0.2, 0) is 6.42 Å². The van der Waals surface area contributed by atoms with Crippen molar-refractivity contribution in [1.82, 2.24) is 5.32 Å². The van der Waals surface area contributed by atoms with Crippen LogP contribution < -0.4 is 11.1 Å². The van der Waals surface area contributed by atoms with Crippen LogP contribution in [0.15, 0.2) is 30.3 Å². The summed E-state index contributed by atoms with van der Waals surface area (Å²) in [6.07, 6.45) is 8.59. The smallest absolute Gasteiger partial charge is 0.0818 e. The zero-order valence-corrected chi connectivity index (χ0v) is 14.0. The van der Waals surface area contributed by atoms with E-state index in [4.69, 9.17) is 5.73 Å².